The number of halogens is 4. The summed E-state index contributed by atoms with van der Waals surface area (Å²) in [5.41, 5.74) is 3.77. The molecule has 2 heterocycles. The molecule has 0 amide bonds. The maximum absolute atomic E-state index is 13.5. The van der Waals surface area contributed by atoms with Gasteiger partial charge < -0.3 is 20.6 Å². The molecule has 7 aromatic carbocycles. The number of nitrogens with one attached hydrogen (secondary N) is 4. The van der Waals surface area contributed by atoms with Crippen LogP contribution in [0.5, 0.6) is 0 Å². The molecule has 13 nitrogen and oxygen atoms in total. The molecule has 9 rings (SSSR count). The van der Waals surface area contributed by atoms with E-state index in [1.807, 2.05) is 119 Å². The Bertz CT molecular complexity index is 3330. The fraction of sp³-hybridized carbons (Fsp3) is 0.196. The number of benzene rings is 7. The number of aliphatic hydroxyl groups excluding tert-OH is 1. The van der Waals surface area contributed by atoms with E-state index in [1.54, 1.807) is 48.5 Å². The summed E-state index contributed by atoms with van der Waals surface area (Å²) >= 11 is 14.0. The summed E-state index contributed by atoms with van der Waals surface area (Å²) in [5, 5.41) is 33.4. The number of aldehydes is 1. The number of carbonyl (C=O) groups excluding carboxylic acids is 1. The van der Waals surface area contributed by atoms with Gasteiger partial charge in [-0.1, -0.05) is 119 Å². The highest BCUT2D eigenvalue weighted by Crippen LogP contribution is 2.33. The van der Waals surface area contributed by atoms with Crippen LogP contribution >= 0.6 is 51.5 Å². The van der Waals surface area contributed by atoms with Gasteiger partial charge in [-0.05, 0) is 105 Å². The Balaban J connectivity index is 0.000000232. The molecule has 0 aliphatic heterocycles. The van der Waals surface area contributed by atoms with Gasteiger partial charge in [-0.2, -0.15) is 10.2 Å². The molecule has 0 spiro atoms. The predicted molar refractivity (Wildman–Crippen MR) is 291 cm³/mol. The van der Waals surface area contributed by atoms with Crippen molar-refractivity contribution in [1.29, 1.82) is 0 Å². The Labute approximate surface area is 433 Å². The molecule has 0 fully saturated rings. The van der Waals surface area contributed by atoms with Gasteiger partial charge in [0.2, 0.25) is 19.7 Å². The van der Waals surface area contributed by atoms with Gasteiger partial charge in [-0.25, -0.2) is 16.8 Å². The molecule has 0 bridgehead atoms. The normalized spacial score (nSPS) is 11.0. The summed E-state index contributed by atoms with van der Waals surface area (Å²) in [7, 11) is 0.258. The summed E-state index contributed by atoms with van der Waals surface area (Å²) < 4.78 is 53.3. The van der Waals surface area contributed by atoms with Crippen LogP contribution < -0.4 is 10.6 Å². The molecule has 0 radical (unpaired) electrons. The van der Waals surface area contributed by atoms with E-state index in [-0.39, 0.29) is 38.9 Å². The molecule has 5 N–H and O–H groups in total. The van der Waals surface area contributed by atoms with Crippen molar-refractivity contribution in [2.24, 2.45) is 0 Å². The van der Waals surface area contributed by atoms with Crippen LogP contribution in [-0.4, -0.2) is 107 Å². The van der Waals surface area contributed by atoms with E-state index in [9.17, 15) is 21.6 Å². The maximum Gasteiger partial charge on any atom is 0.224 e. The van der Waals surface area contributed by atoms with Gasteiger partial charge in [0, 0.05) is 63.0 Å². The van der Waals surface area contributed by atoms with Gasteiger partial charge in [0.1, 0.15) is 6.29 Å². The zero-order valence-corrected chi connectivity index (χ0v) is 44.4. The molecule has 0 aliphatic rings. The second kappa shape index (κ2) is 28.0. The maximum atomic E-state index is 13.5. The minimum Gasteiger partial charge on any atom is -0.395 e. The number of nitrogens with zero attached hydrogens (tertiary/aromatic N) is 3. The molecule has 0 unspecified atom stereocenters. The lowest BCUT2D eigenvalue weighted by Gasteiger charge is -2.10. The molecule has 19 heteroatoms. The lowest BCUT2D eigenvalue weighted by atomic mass is 10.1. The van der Waals surface area contributed by atoms with E-state index in [0.717, 1.165) is 39.8 Å². The number of H-pyrrole nitrogens is 2. The SMILES string of the molecule is CN(C)CCNCc1ccc2n[nH]c(S(=O)(=O)c3cccc4ccccc34)c2c1.CNC.Cl.Clc1cccc(CBr)c1.O=Cc1ccc2n[nH]c(S(=O)(=O)c3cccc4ccccc34)c2c1.OCCCl. The van der Waals surface area contributed by atoms with E-state index in [0.29, 0.717) is 56.9 Å². The highest BCUT2D eigenvalue weighted by molar-refractivity contribution is 9.08. The van der Waals surface area contributed by atoms with Crippen LogP contribution in [0.2, 0.25) is 5.02 Å². The third-order valence-corrected chi connectivity index (χ3v) is 14.7. The van der Waals surface area contributed by atoms with Crippen LogP contribution in [0.25, 0.3) is 43.4 Å². The molecule has 2 aromatic heterocycles. The van der Waals surface area contributed by atoms with Crippen molar-refractivity contribution in [3.8, 4) is 0 Å². The zero-order valence-electron chi connectivity index (χ0n) is 38.9. The Morgan fingerprint density at radius 2 is 1.16 bits per heavy atom. The topological polar surface area (TPSA) is 190 Å². The minimum absolute atomic E-state index is 0. The number of hydrogen-bond donors (Lipinski definition) is 5. The summed E-state index contributed by atoms with van der Waals surface area (Å²) in [4.78, 5) is 13.6. The predicted octanol–water partition coefficient (Wildman–Crippen LogP) is 10.3. The molecule has 0 aliphatic carbocycles. The first-order chi connectivity index (χ1) is 33.2. The van der Waals surface area contributed by atoms with Crippen molar-refractivity contribution < 1.29 is 26.7 Å². The number of carbonyl (C=O) groups is 1. The van der Waals surface area contributed by atoms with Crippen LogP contribution in [0.4, 0.5) is 0 Å². The van der Waals surface area contributed by atoms with Crippen LogP contribution in [-0.2, 0) is 31.5 Å². The summed E-state index contributed by atoms with van der Waals surface area (Å²) in [5.74, 6) is 0.347. The minimum atomic E-state index is -3.81. The van der Waals surface area contributed by atoms with Crippen LogP contribution in [0, 0.1) is 0 Å². The number of aromatic amines is 2. The van der Waals surface area contributed by atoms with Crippen molar-refractivity contribution in [1.82, 2.24) is 35.9 Å². The largest absolute Gasteiger partial charge is 0.395 e. The highest BCUT2D eigenvalue weighted by Gasteiger charge is 2.26. The monoisotopic (exact) mass is 1110 g/mol. The fourth-order valence-corrected chi connectivity index (χ4v) is 10.6. The van der Waals surface area contributed by atoms with Gasteiger partial charge in [0.05, 0.1) is 27.4 Å². The number of alkyl halides is 2. The third-order valence-electron chi connectivity index (χ3n) is 10.1. The first-order valence-electron chi connectivity index (χ1n) is 21.5. The molecular formula is C51H55BrCl3N7O6S2. The number of sulfone groups is 2. The van der Waals surface area contributed by atoms with Gasteiger partial charge in [0.15, 0.2) is 10.1 Å². The quantitative estimate of drug-likeness (QED) is 0.0445. The third kappa shape index (κ3) is 14.9. The number of aliphatic hydroxyl groups is 1. The Kier molecular flexibility index (Phi) is 22.9. The van der Waals surface area contributed by atoms with Crippen molar-refractivity contribution in [2.45, 2.75) is 31.7 Å². The number of rotatable bonds is 12. The molecule has 70 heavy (non-hydrogen) atoms. The lowest BCUT2D eigenvalue weighted by Crippen LogP contribution is -2.26. The van der Waals surface area contributed by atoms with E-state index < -0.39 is 19.7 Å². The number of hydrogen-bond acceptors (Lipinski definition) is 11. The second-order valence-electron chi connectivity index (χ2n) is 15.5. The van der Waals surface area contributed by atoms with E-state index in [1.165, 1.54) is 11.6 Å². The summed E-state index contributed by atoms with van der Waals surface area (Å²) in [6, 6.07) is 43.6. The number of fused-ring (bicyclic) bond motifs is 4. The second-order valence-corrected chi connectivity index (χ2v) is 20.6. The number of aromatic nitrogens is 4. The van der Waals surface area contributed by atoms with Gasteiger partial charge in [-0.15, -0.1) is 24.0 Å². The van der Waals surface area contributed by atoms with Gasteiger partial charge in [-0.3, -0.25) is 15.0 Å². The summed E-state index contributed by atoms with van der Waals surface area (Å²) in [6.45, 7) is 2.55. The smallest absolute Gasteiger partial charge is 0.224 e. The van der Waals surface area contributed by atoms with Crippen molar-refractivity contribution in [2.75, 3.05) is 53.8 Å². The van der Waals surface area contributed by atoms with Gasteiger partial charge in [0.25, 0.3) is 0 Å². The Morgan fingerprint density at radius 1 is 0.671 bits per heavy atom. The van der Waals surface area contributed by atoms with Crippen molar-refractivity contribution in [3.63, 3.8) is 0 Å². The van der Waals surface area contributed by atoms with Crippen molar-refractivity contribution >= 4 is 121 Å². The van der Waals surface area contributed by atoms with Crippen LogP contribution in [0.15, 0.2) is 165 Å². The summed E-state index contributed by atoms with van der Waals surface area (Å²) in [6.07, 6.45) is 0.681. The first-order valence-corrected chi connectivity index (χ1v) is 26.5. The van der Waals surface area contributed by atoms with E-state index >= 15 is 0 Å². The van der Waals surface area contributed by atoms with Gasteiger partial charge >= 0.3 is 0 Å². The van der Waals surface area contributed by atoms with Crippen LogP contribution in [0.1, 0.15) is 21.5 Å². The number of likely N-dealkylation sites (N-methyl/N-ethyl adjacent to an activating group) is 1. The molecule has 0 saturated carbocycles. The van der Waals surface area contributed by atoms with Crippen molar-refractivity contribution in [3.05, 3.63) is 167 Å². The molecule has 0 atom stereocenters. The lowest BCUT2D eigenvalue weighted by molar-refractivity contribution is 0.112. The highest BCUT2D eigenvalue weighted by atomic mass is 79.9. The average Bonchev–Trinajstić information content (AvgIpc) is 4.01. The van der Waals surface area contributed by atoms with E-state index in [2.05, 4.69) is 51.9 Å². The fourth-order valence-electron chi connectivity index (χ4n) is 6.87. The molecule has 370 valence electrons. The van der Waals surface area contributed by atoms with Crippen LogP contribution in [0.3, 0.4) is 0 Å². The first kappa shape index (κ1) is 57.3. The molecule has 0 saturated heterocycles. The molecule has 9 aromatic rings. The standard InChI is InChI=1S/C22H24N4O2S.C18H12N2O3S.C7H6BrCl.C2H5ClO.C2H7N.ClH/c1-26(2)13-12-23-15-16-10-11-20-19(14-16)22(25-24-20)29(27,28)21-9-5-7-17-6-3-4-8-18(17)21;21-11-12-8-9-16-15(10-12)18(20-19-16)24(22,23)17-7-3-5-13-4-1-2-6-14(13)17;8-5-6-2-1-3-7(9)4-6;3-1-2-4;1-3-2;/h3-11,14,23H,12-13,15H2,1-2H3,(H,24,25);1-11H,(H,19,20);1-4H,5H2;4H,1-2H2;3H,1-2H3;1H. The molecular weight excluding hydrogens is 1060 g/mol. The Hall–Kier alpha value is -5.24. The Morgan fingerprint density at radius 3 is 1.63 bits per heavy atom. The zero-order chi connectivity index (χ0) is 50.0. The average molecular weight is 1110 g/mol. The van der Waals surface area contributed by atoms with E-state index in [4.69, 9.17) is 28.3 Å².